The van der Waals surface area contributed by atoms with Crippen LogP contribution in [0.1, 0.15) is 12.8 Å². The summed E-state index contributed by atoms with van der Waals surface area (Å²) < 4.78 is 41.9. The van der Waals surface area contributed by atoms with E-state index in [1.165, 1.54) is 0 Å². The second kappa shape index (κ2) is 13.5. The molecule has 23 heteroatoms. The first kappa shape index (κ1) is 40.4. The van der Waals surface area contributed by atoms with Crippen molar-refractivity contribution < 1.29 is 110 Å². The quantitative estimate of drug-likeness (QED) is 0.0761. The molecule has 4 unspecified atom stereocenters. The van der Waals surface area contributed by atoms with Gasteiger partial charge in [0.25, 0.3) is 0 Å². The molecule has 0 aromatic carbocycles. The van der Waals surface area contributed by atoms with Crippen LogP contribution < -0.4 is 31.0 Å². The van der Waals surface area contributed by atoms with Gasteiger partial charge in [-0.1, -0.05) is 0 Å². The summed E-state index contributed by atoms with van der Waals surface area (Å²) in [5.74, 6) is 0. The fourth-order valence-corrected chi connectivity index (χ4v) is 5.68. The van der Waals surface area contributed by atoms with Gasteiger partial charge in [-0.05, 0) is 0 Å². The Morgan fingerprint density at radius 1 is 0.621 bits per heavy atom. The summed E-state index contributed by atoms with van der Waals surface area (Å²) in [5, 5.41) is 10.9. The molecule has 0 saturated heterocycles. The van der Waals surface area contributed by atoms with Crippen LogP contribution in [-0.2, 0) is 48.7 Å². The Bertz CT molecular complexity index is 550. The average molecular weight is 572 g/mol. The predicted molar refractivity (Wildman–Crippen MR) is 83.7 cm³/mol. The van der Waals surface area contributed by atoms with E-state index >= 15 is 0 Å². The molecule has 0 amide bonds. The van der Waals surface area contributed by atoms with Crippen molar-refractivity contribution in [2.45, 2.75) is 23.0 Å². The van der Waals surface area contributed by atoms with E-state index in [2.05, 4.69) is 11.5 Å². The molecule has 0 saturated carbocycles. The third-order valence-electron chi connectivity index (χ3n) is 2.83. The molecule has 0 heterocycles. The number of rotatable bonds is 8. The van der Waals surface area contributed by atoms with Gasteiger partial charge in [0.1, 0.15) is 0 Å². The maximum absolute atomic E-state index is 10.5. The minimum Gasteiger partial charge on any atom is -0.776 e. The summed E-state index contributed by atoms with van der Waals surface area (Å²) in [6.07, 6.45) is -1.77. The maximum atomic E-state index is 10.5. The van der Waals surface area contributed by atoms with Crippen LogP contribution in [0.15, 0.2) is 0 Å². The van der Waals surface area contributed by atoms with Gasteiger partial charge in [-0.25, -0.2) is 0 Å². The summed E-state index contributed by atoms with van der Waals surface area (Å²) in [6, 6.07) is 0. The summed E-state index contributed by atoms with van der Waals surface area (Å²) in [6.45, 7) is -0.563. The number of hydrogen-bond acceptors (Lipinski definition) is 10. The van der Waals surface area contributed by atoms with Gasteiger partial charge in [-0.3, -0.25) is 0 Å². The molecule has 29 heavy (non-hydrogen) atoms. The molecule has 0 aliphatic rings. The van der Waals surface area contributed by atoms with E-state index in [-0.39, 0.29) is 43.5 Å². The van der Waals surface area contributed by atoms with Crippen molar-refractivity contribution in [1.29, 1.82) is 0 Å². The Hall–Kier alpha value is 0.983. The van der Waals surface area contributed by atoms with Crippen LogP contribution in [0.5, 0.6) is 0 Å². The van der Waals surface area contributed by atoms with Crippen molar-refractivity contribution in [3.05, 3.63) is 0 Å². The van der Waals surface area contributed by atoms with Crippen molar-refractivity contribution in [3.8, 4) is 0 Å². The molecule has 176 valence electrons. The van der Waals surface area contributed by atoms with E-state index in [1.54, 1.807) is 0 Å². The molecular weight excluding hydrogens is 545 g/mol. The van der Waals surface area contributed by atoms with Gasteiger partial charge in [0.15, 0.2) is 40.5 Å². The Kier molecular flexibility index (Phi) is 18.8. The summed E-state index contributed by atoms with van der Waals surface area (Å²) in [5.41, 5.74) is 6.19. The monoisotopic (exact) mass is 570 g/mol. The average Bonchev–Trinajstić information content (AvgIpc) is 2.34. The standard InChI is InChI=1S/2C3H11NO7P2.2H2O.Zn/c2*4-2-1-3(5,12(6,7)8)13(9,10)11;;;/h2*5H,1-2,4H2,(H2,6,7,8)(H2,9,10,11);2*1H2;/q;;;;+2. The van der Waals surface area contributed by atoms with Crippen molar-refractivity contribution in [1.82, 2.24) is 0 Å². The van der Waals surface area contributed by atoms with Gasteiger partial charge in [0, 0.05) is 12.8 Å². The third-order valence-corrected chi connectivity index (χ3v) is 10.4. The molecule has 0 aromatic rings. The van der Waals surface area contributed by atoms with Gasteiger partial charge in [-0.15, -0.1) is 0 Å². The van der Waals surface area contributed by atoms with Crippen LogP contribution in [-0.4, -0.2) is 53.0 Å². The van der Waals surface area contributed by atoms with Crippen LogP contribution in [0.4, 0.5) is 0 Å². The molecule has 0 aliphatic heterocycles. The zero-order valence-electron chi connectivity index (χ0n) is 14.8. The summed E-state index contributed by atoms with van der Waals surface area (Å²) in [4.78, 5) is 75.4. The van der Waals surface area contributed by atoms with Crippen molar-refractivity contribution in [2.24, 2.45) is 0 Å². The van der Waals surface area contributed by atoms with Gasteiger partial charge in [0.05, 0.1) is 13.1 Å². The molecule has 0 bridgehead atoms. The Morgan fingerprint density at radius 3 is 0.793 bits per heavy atom. The molecular formula is C6H26N2O16P4Zn+2. The van der Waals surface area contributed by atoms with E-state index in [1.807, 2.05) is 0 Å². The van der Waals surface area contributed by atoms with Crippen LogP contribution in [0.3, 0.4) is 0 Å². The summed E-state index contributed by atoms with van der Waals surface area (Å²) >= 11 is 0. The Labute approximate surface area is 176 Å². The van der Waals surface area contributed by atoms with Gasteiger partial charge in [-0.2, -0.15) is 0 Å². The molecule has 0 aromatic heterocycles. The largest absolute Gasteiger partial charge is 2.00 e. The van der Waals surface area contributed by atoms with Gasteiger partial charge >= 0.3 is 19.5 Å². The molecule has 4 atom stereocenters. The summed E-state index contributed by atoms with van der Waals surface area (Å²) in [7, 11) is -22.3. The van der Waals surface area contributed by atoms with Crippen molar-refractivity contribution >= 4 is 30.4 Å². The molecule has 18 nitrogen and oxygen atoms in total. The maximum Gasteiger partial charge on any atom is 2.00 e. The van der Waals surface area contributed by atoms with Crippen molar-refractivity contribution in [2.75, 3.05) is 13.1 Å². The zero-order valence-corrected chi connectivity index (χ0v) is 21.4. The van der Waals surface area contributed by atoms with Gasteiger partial charge in [0.2, 0.25) is 0 Å². The van der Waals surface area contributed by atoms with Crippen LogP contribution in [0, 0.1) is 0 Å². The van der Waals surface area contributed by atoms with Crippen molar-refractivity contribution in [3.63, 3.8) is 0 Å². The Morgan fingerprint density at radius 2 is 0.759 bits per heavy atom. The first-order chi connectivity index (χ1) is 11.1. The second-order valence-corrected chi connectivity index (χ2v) is 12.7. The van der Waals surface area contributed by atoms with E-state index < -0.39 is 53.4 Å². The van der Waals surface area contributed by atoms with Crippen LogP contribution >= 0.6 is 30.4 Å². The van der Waals surface area contributed by atoms with E-state index in [0.29, 0.717) is 0 Å². The number of quaternary nitrogens is 2. The molecule has 18 N–H and O–H groups in total. The SMILES string of the molecule is [NH3+]CCC(O)(P(=O)([O-])O)P(=O)([O-])O.[NH3+]CCC(O)(P(=O)([O-])O)P(=O)([O-])O.[OH3+].[OH3+].[Zn+2]. The smallest absolute Gasteiger partial charge is 0.776 e. The van der Waals surface area contributed by atoms with E-state index in [9.17, 15) is 37.8 Å². The van der Waals surface area contributed by atoms with Crippen LogP contribution in [0.25, 0.3) is 0 Å². The number of aliphatic hydroxyl groups is 2. The molecule has 0 aliphatic carbocycles. The third kappa shape index (κ3) is 10.4. The van der Waals surface area contributed by atoms with E-state index in [4.69, 9.17) is 29.8 Å². The first-order valence-corrected chi connectivity index (χ1v) is 12.6. The minimum atomic E-state index is -5.59. The zero-order chi connectivity index (χ0) is 21.8. The fourth-order valence-electron chi connectivity index (χ4n) is 1.36. The molecule has 0 fully saturated rings. The fraction of sp³-hybridized carbons (Fsp3) is 1.00. The Balaban J connectivity index is -0.000000120. The normalized spacial score (nSPS) is 23.0. The second-order valence-electron chi connectivity index (χ2n) is 4.84. The predicted octanol–water partition coefficient (Wildman–Crippen LogP) is -9.13. The molecule has 0 rings (SSSR count). The topological polar surface area (TPSA) is 403 Å². The first-order valence-electron chi connectivity index (χ1n) is 6.31. The molecule has 0 spiro atoms. The van der Waals surface area contributed by atoms with Crippen LogP contribution in [0.2, 0.25) is 0 Å². The molecule has 0 radical (unpaired) electrons. The number of hydrogen-bond donors (Lipinski definition) is 8. The van der Waals surface area contributed by atoms with E-state index in [0.717, 1.165) is 0 Å². The minimum absolute atomic E-state index is 0. The van der Waals surface area contributed by atoms with Gasteiger partial charge < -0.3 is 90.0 Å².